The summed E-state index contributed by atoms with van der Waals surface area (Å²) in [6, 6.07) is 8.69. The van der Waals surface area contributed by atoms with Gasteiger partial charge in [-0.05, 0) is 25.0 Å². The van der Waals surface area contributed by atoms with E-state index in [1.54, 1.807) is 35.2 Å². The van der Waals surface area contributed by atoms with Gasteiger partial charge in [-0.2, -0.15) is 4.31 Å². The van der Waals surface area contributed by atoms with Gasteiger partial charge in [0.05, 0.1) is 11.4 Å². The van der Waals surface area contributed by atoms with Crippen molar-refractivity contribution in [2.45, 2.75) is 23.8 Å². The first-order valence-corrected chi connectivity index (χ1v) is 10.2. The highest BCUT2D eigenvalue weighted by molar-refractivity contribution is 7.89. The lowest BCUT2D eigenvalue weighted by Crippen LogP contribution is -2.53. The maximum Gasteiger partial charge on any atom is 0.243 e. The second-order valence-corrected chi connectivity index (χ2v) is 8.65. The van der Waals surface area contributed by atoms with Crippen LogP contribution in [0.25, 0.3) is 0 Å². The second kappa shape index (κ2) is 9.14. The van der Waals surface area contributed by atoms with Crippen LogP contribution in [-0.4, -0.2) is 80.3 Å². The summed E-state index contributed by atoms with van der Waals surface area (Å²) in [5, 5.41) is 0. The van der Waals surface area contributed by atoms with Gasteiger partial charge in [0, 0.05) is 45.3 Å². The Labute approximate surface area is 161 Å². The first kappa shape index (κ1) is 21.1. The van der Waals surface area contributed by atoms with Gasteiger partial charge in [0.15, 0.2) is 0 Å². The highest BCUT2D eigenvalue weighted by Crippen LogP contribution is 2.17. The summed E-state index contributed by atoms with van der Waals surface area (Å²) in [7, 11) is -3.47. The summed E-state index contributed by atoms with van der Waals surface area (Å²) in [4.78, 5) is 16.7. The Hall–Kier alpha value is -1.19. The van der Waals surface area contributed by atoms with Crippen molar-refractivity contribution in [1.29, 1.82) is 0 Å². The molecule has 0 saturated carbocycles. The summed E-state index contributed by atoms with van der Waals surface area (Å²) in [5.41, 5.74) is 5.89. The Morgan fingerprint density at radius 2 is 1.58 bits per heavy atom. The van der Waals surface area contributed by atoms with Crippen molar-refractivity contribution in [2.75, 3.05) is 45.8 Å². The molecule has 2 fully saturated rings. The van der Waals surface area contributed by atoms with E-state index in [2.05, 4.69) is 4.90 Å². The highest BCUT2D eigenvalue weighted by Gasteiger charge is 2.30. The van der Waals surface area contributed by atoms with E-state index in [1.807, 2.05) is 0 Å². The van der Waals surface area contributed by atoms with Crippen LogP contribution < -0.4 is 5.73 Å². The van der Waals surface area contributed by atoms with Crippen LogP contribution in [-0.2, 0) is 14.8 Å². The van der Waals surface area contributed by atoms with E-state index in [0.717, 1.165) is 25.9 Å². The van der Waals surface area contributed by atoms with Crippen molar-refractivity contribution in [2.24, 2.45) is 5.73 Å². The fraction of sp³-hybridized carbons (Fsp3) is 0.588. The van der Waals surface area contributed by atoms with Crippen molar-refractivity contribution in [3.63, 3.8) is 0 Å². The molecule has 7 nitrogen and oxygen atoms in total. The molecule has 0 atom stereocenters. The quantitative estimate of drug-likeness (QED) is 0.786. The highest BCUT2D eigenvalue weighted by atomic mass is 35.5. The van der Waals surface area contributed by atoms with Crippen LogP contribution in [0.3, 0.4) is 0 Å². The fourth-order valence-corrected chi connectivity index (χ4v) is 4.76. The largest absolute Gasteiger partial charge is 0.339 e. The minimum atomic E-state index is -3.47. The molecule has 3 rings (SSSR count). The Kier molecular flexibility index (Phi) is 7.42. The van der Waals surface area contributed by atoms with E-state index in [0.29, 0.717) is 37.6 Å². The van der Waals surface area contributed by atoms with Gasteiger partial charge in [-0.15, -0.1) is 12.4 Å². The van der Waals surface area contributed by atoms with Crippen molar-refractivity contribution in [1.82, 2.24) is 14.1 Å². The van der Waals surface area contributed by atoms with Crippen LogP contribution in [0.1, 0.15) is 12.8 Å². The molecule has 1 amide bonds. The molecule has 0 unspecified atom stereocenters. The van der Waals surface area contributed by atoms with E-state index in [9.17, 15) is 13.2 Å². The lowest BCUT2D eigenvalue weighted by atomic mass is 10.1. The number of sulfonamides is 1. The molecule has 2 aliphatic rings. The molecule has 0 aliphatic carbocycles. The molecule has 0 spiro atoms. The number of nitrogens with zero attached hydrogens (tertiary/aromatic N) is 3. The van der Waals surface area contributed by atoms with Gasteiger partial charge < -0.3 is 10.6 Å². The molecule has 2 heterocycles. The Morgan fingerprint density at radius 1 is 1.00 bits per heavy atom. The average Bonchev–Trinajstić information content (AvgIpc) is 2.64. The number of rotatable bonds is 4. The van der Waals surface area contributed by atoms with Crippen LogP contribution in [0.15, 0.2) is 35.2 Å². The van der Waals surface area contributed by atoms with Gasteiger partial charge in [0.2, 0.25) is 15.9 Å². The summed E-state index contributed by atoms with van der Waals surface area (Å²) in [6.07, 6.45) is 1.85. The SMILES string of the molecule is Cl.NC1CCN(CC(=O)N2CCN(S(=O)(=O)c3ccccc3)CC2)CC1. The number of halogens is 1. The van der Waals surface area contributed by atoms with Crippen molar-refractivity contribution in [3.8, 4) is 0 Å². The number of likely N-dealkylation sites (tertiary alicyclic amines) is 1. The third kappa shape index (κ3) is 4.95. The Balaban J connectivity index is 0.00000243. The number of hydrogen-bond acceptors (Lipinski definition) is 5. The summed E-state index contributed by atoms with van der Waals surface area (Å²) < 4.78 is 26.7. The van der Waals surface area contributed by atoms with Crippen LogP contribution in [0.4, 0.5) is 0 Å². The van der Waals surface area contributed by atoms with Gasteiger partial charge in [-0.3, -0.25) is 9.69 Å². The van der Waals surface area contributed by atoms with Crippen LogP contribution >= 0.6 is 12.4 Å². The maximum absolute atomic E-state index is 12.6. The second-order valence-electron chi connectivity index (χ2n) is 6.71. The molecule has 146 valence electrons. The Morgan fingerprint density at radius 3 is 2.15 bits per heavy atom. The lowest BCUT2D eigenvalue weighted by Gasteiger charge is -2.36. The van der Waals surface area contributed by atoms with E-state index in [1.165, 1.54) is 4.31 Å². The topological polar surface area (TPSA) is 86.9 Å². The van der Waals surface area contributed by atoms with Crippen LogP contribution in [0.5, 0.6) is 0 Å². The summed E-state index contributed by atoms with van der Waals surface area (Å²) >= 11 is 0. The van der Waals surface area contributed by atoms with E-state index in [4.69, 9.17) is 5.73 Å². The molecule has 2 aliphatic heterocycles. The zero-order valence-electron chi connectivity index (χ0n) is 14.8. The first-order valence-electron chi connectivity index (χ1n) is 8.78. The molecule has 0 bridgehead atoms. The normalized spacial score (nSPS) is 20.6. The smallest absolute Gasteiger partial charge is 0.243 e. The number of piperidine rings is 1. The predicted molar refractivity (Wildman–Crippen MR) is 103 cm³/mol. The minimum absolute atomic E-state index is 0. The summed E-state index contributed by atoms with van der Waals surface area (Å²) in [6.45, 7) is 3.68. The number of piperazine rings is 1. The standard InChI is InChI=1S/C17H26N4O3S.ClH/c18-15-6-8-19(9-7-15)14-17(22)20-10-12-21(13-11-20)25(23,24)16-4-2-1-3-5-16;/h1-5,15H,6-14,18H2;1H. The monoisotopic (exact) mass is 402 g/mol. The molecule has 2 saturated heterocycles. The molecule has 0 aromatic heterocycles. The zero-order chi connectivity index (χ0) is 17.9. The number of amides is 1. The number of hydrogen-bond donors (Lipinski definition) is 1. The fourth-order valence-electron chi connectivity index (χ4n) is 3.32. The molecular weight excluding hydrogens is 376 g/mol. The van der Waals surface area contributed by atoms with E-state index >= 15 is 0 Å². The number of nitrogens with two attached hydrogens (primary N) is 1. The van der Waals surface area contributed by atoms with Gasteiger partial charge in [0.1, 0.15) is 0 Å². The summed E-state index contributed by atoms with van der Waals surface area (Å²) in [5.74, 6) is 0.0761. The van der Waals surface area contributed by atoms with E-state index < -0.39 is 10.0 Å². The molecule has 2 N–H and O–H groups in total. The van der Waals surface area contributed by atoms with Gasteiger partial charge in [0.25, 0.3) is 0 Å². The zero-order valence-corrected chi connectivity index (χ0v) is 16.4. The molecule has 9 heteroatoms. The molecule has 26 heavy (non-hydrogen) atoms. The lowest BCUT2D eigenvalue weighted by molar-refractivity contribution is -0.133. The van der Waals surface area contributed by atoms with Gasteiger partial charge in [-0.1, -0.05) is 18.2 Å². The van der Waals surface area contributed by atoms with Crippen molar-refractivity contribution >= 4 is 28.3 Å². The predicted octanol–water partition coefficient (Wildman–Crippen LogP) is 0.364. The molecule has 1 aromatic carbocycles. The van der Waals surface area contributed by atoms with Crippen molar-refractivity contribution in [3.05, 3.63) is 30.3 Å². The molecule has 0 radical (unpaired) electrons. The number of carbonyl (C=O) groups is 1. The first-order chi connectivity index (χ1) is 12.0. The third-order valence-corrected chi connectivity index (χ3v) is 6.88. The van der Waals surface area contributed by atoms with Gasteiger partial charge in [-0.25, -0.2) is 8.42 Å². The van der Waals surface area contributed by atoms with E-state index in [-0.39, 0.29) is 24.4 Å². The Bertz CT molecular complexity index is 685. The molecular formula is C17H27ClN4O3S. The third-order valence-electron chi connectivity index (χ3n) is 4.96. The van der Waals surface area contributed by atoms with Crippen LogP contribution in [0.2, 0.25) is 0 Å². The maximum atomic E-state index is 12.6. The van der Waals surface area contributed by atoms with Gasteiger partial charge >= 0.3 is 0 Å². The molecule has 1 aromatic rings. The van der Waals surface area contributed by atoms with Crippen molar-refractivity contribution < 1.29 is 13.2 Å². The average molecular weight is 403 g/mol. The minimum Gasteiger partial charge on any atom is -0.339 e. The van der Waals surface area contributed by atoms with Crippen LogP contribution in [0, 0.1) is 0 Å². The number of carbonyl (C=O) groups excluding carboxylic acids is 1. The number of benzene rings is 1.